The van der Waals surface area contributed by atoms with Crippen molar-refractivity contribution in [1.82, 2.24) is 4.98 Å². The van der Waals surface area contributed by atoms with Gasteiger partial charge in [-0.3, -0.25) is 0 Å². The standard InChI is InChI=1S/C8H9N3S/c1-4-11-7-2-5(9)6(10)3-8(7)12-4/h2-3H,9-10H2,1H3. The molecule has 0 atom stereocenters. The second-order valence-corrected chi connectivity index (χ2v) is 3.92. The molecule has 2 rings (SSSR count). The lowest BCUT2D eigenvalue weighted by molar-refractivity contribution is 1.35. The highest BCUT2D eigenvalue weighted by molar-refractivity contribution is 7.18. The van der Waals surface area contributed by atoms with E-state index in [4.69, 9.17) is 11.5 Å². The molecule has 0 spiro atoms. The number of nitrogen functional groups attached to an aromatic ring is 2. The van der Waals surface area contributed by atoms with Crippen LogP contribution in [0, 0.1) is 6.92 Å². The number of nitrogens with two attached hydrogens (primary N) is 2. The third-order valence-corrected chi connectivity index (χ3v) is 2.63. The quantitative estimate of drug-likeness (QED) is 0.606. The normalized spacial score (nSPS) is 10.8. The van der Waals surface area contributed by atoms with Gasteiger partial charge in [-0.2, -0.15) is 0 Å². The van der Waals surface area contributed by atoms with Crippen LogP contribution in [0.2, 0.25) is 0 Å². The number of aryl methyl sites for hydroxylation is 1. The molecule has 12 heavy (non-hydrogen) atoms. The van der Waals surface area contributed by atoms with E-state index in [9.17, 15) is 0 Å². The first-order chi connectivity index (χ1) is 5.66. The van der Waals surface area contributed by atoms with Crippen molar-refractivity contribution >= 4 is 32.9 Å². The Kier molecular flexibility index (Phi) is 1.44. The van der Waals surface area contributed by atoms with Crippen molar-refractivity contribution in [3.05, 3.63) is 17.1 Å². The fourth-order valence-electron chi connectivity index (χ4n) is 1.12. The van der Waals surface area contributed by atoms with E-state index < -0.39 is 0 Å². The molecule has 1 heterocycles. The van der Waals surface area contributed by atoms with Gasteiger partial charge in [0, 0.05) is 0 Å². The van der Waals surface area contributed by atoms with E-state index in [2.05, 4.69) is 4.98 Å². The van der Waals surface area contributed by atoms with E-state index in [1.165, 1.54) is 0 Å². The SMILES string of the molecule is Cc1nc2cc(N)c(N)cc2s1. The van der Waals surface area contributed by atoms with Crippen LogP contribution >= 0.6 is 11.3 Å². The highest BCUT2D eigenvalue weighted by Crippen LogP contribution is 2.27. The zero-order chi connectivity index (χ0) is 8.72. The first kappa shape index (κ1) is 7.36. The number of aromatic nitrogens is 1. The van der Waals surface area contributed by atoms with Gasteiger partial charge < -0.3 is 11.5 Å². The summed E-state index contributed by atoms with van der Waals surface area (Å²) in [7, 11) is 0. The molecule has 2 aromatic rings. The van der Waals surface area contributed by atoms with Gasteiger partial charge >= 0.3 is 0 Å². The number of anilines is 2. The maximum atomic E-state index is 5.65. The third-order valence-electron chi connectivity index (χ3n) is 1.70. The Balaban J connectivity index is 2.83. The minimum Gasteiger partial charge on any atom is -0.397 e. The van der Waals surface area contributed by atoms with E-state index in [0.29, 0.717) is 11.4 Å². The van der Waals surface area contributed by atoms with Gasteiger partial charge in [0.25, 0.3) is 0 Å². The maximum Gasteiger partial charge on any atom is 0.0907 e. The number of benzene rings is 1. The minimum atomic E-state index is 0.604. The van der Waals surface area contributed by atoms with Crippen LogP contribution in [-0.2, 0) is 0 Å². The highest BCUT2D eigenvalue weighted by atomic mass is 32.1. The Morgan fingerprint density at radius 3 is 2.67 bits per heavy atom. The lowest BCUT2D eigenvalue weighted by atomic mass is 10.2. The summed E-state index contributed by atoms with van der Waals surface area (Å²) in [4.78, 5) is 4.30. The molecule has 0 saturated carbocycles. The first-order valence-electron chi connectivity index (χ1n) is 3.59. The minimum absolute atomic E-state index is 0.604. The number of rotatable bonds is 0. The predicted octanol–water partition coefficient (Wildman–Crippen LogP) is 1.77. The second kappa shape index (κ2) is 2.35. The molecule has 0 bridgehead atoms. The van der Waals surface area contributed by atoms with Crippen LogP contribution in [0.4, 0.5) is 11.4 Å². The summed E-state index contributed by atoms with van der Waals surface area (Å²) in [5.74, 6) is 0. The van der Waals surface area contributed by atoms with E-state index in [0.717, 1.165) is 15.2 Å². The molecule has 1 aromatic carbocycles. The fraction of sp³-hybridized carbons (Fsp3) is 0.125. The third kappa shape index (κ3) is 1.00. The van der Waals surface area contributed by atoms with Crippen LogP contribution in [0.25, 0.3) is 10.2 Å². The molecule has 4 heteroatoms. The molecule has 4 N–H and O–H groups in total. The smallest absolute Gasteiger partial charge is 0.0907 e. The summed E-state index contributed by atoms with van der Waals surface area (Å²) in [6.45, 7) is 1.97. The molecule has 3 nitrogen and oxygen atoms in total. The molecule has 1 aromatic heterocycles. The molecule has 0 fully saturated rings. The molecular formula is C8H9N3S. The van der Waals surface area contributed by atoms with Gasteiger partial charge in [-0.05, 0) is 19.1 Å². The van der Waals surface area contributed by atoms with E-state index in [-0.39, 0.29) is 0 Å². The molecule has 0 aliphatic heterocycles. The fourth-order valence-corrected chi connectivity index (χ4v) is 1.98. The number of thiazole rings is 1. The average molecular weight is 179 g/mol. The Labute approximate surface area is 74.0 Å². The Morgan fingerprint density at radius 2 is 1.92 bits per heavy atom. The van der Waals surface area contributed by atoms with Crippen molar-refractivity contribution in [1.29, 1.82) is 0 Å². The van der Waals surface area contributed by atoms with E-state index >= 15 is 0 Å². The molecule has 62 valence electrons. The molecule has 0 amide bonds. The van der Waals surface area contributed by atoms with Gasteiger partial charge in [-0.1, -0.05) is 0 Å². The van der Waals surface area contributed by atoms with Gasteiger partial charge in [0.1, 0.15) is 0 Å². The number of hydrogen-bond acceptors (Lipinski definition) is 4. The molecule has 0 saturated heterocycles. The monoisotopic (exact) mass is 179 g/mol. The van der Waals surface area contributed by atoms with Crippen molar-refractivity contribution < 1.29 is 0 Å². The summed E-state index contributed by atoms with van der Waals surface area (Å²) in [5, 5.41) is 1.04. The van der Waals surface area contributed by atoms with Crippen LogP contribution in [0.15, 0.2) is 12.1 Å². The summed E-state index contributed by atoms with van der Waals surface area (Å²) < 4.78 is 1.10. The molecule has 0 aliphatic rings. The Morgan fingerprint density at radius 1 is 1.25 bits per heavy atom. The maximum absolute atomic E-state index is 5.65. The predicted molar refractivity (Wildman–Crippen MR) is 53.2 cm³/mol. The molecule has 0 aliphatic carbocycles. The summed E-state index contributed by atoms with van der Waals surface area (Å²) in [5.41, 5.74) is 13.5. The second-order valence-electron chi connectivity index (χ2n) is 2.68. The Bertz CT molecular complexity index is 394. The zero-order valence-corrected chi connectivity index (χ0v) is 7.48. The average Bonchev–Trinajstić information content (AvgIpc) is 2.30. The van der Waals surface area contributed by atoms with Gasteiger partial charge in [-0.15, -0.1) is 11.3 Å². The lowest BCUT2D eigenvalue weighted by Gasteiger charge is -1.97. The van der Waals surface area contributed by atoms with Crippen LogP contribution in [0.1, 0.15) is 5.01 Å². The van der Waals surface area contributed by atoms with Crippen LogP contribution < -0.4 is 11.5 Å². The van der Waals surface area contributed by atoms with Crippen molar-refractivity contribution in [2.45, 2.75) is 6.92 Å². The van der Waals surface area contributed by atoms with Gasteiger partial charge in [0.05, 0.1) is 26.6 Å². The molecule has 0 radical (unpaired) electrons. The van der Waals surface area contributed by atoms with Crippen LogP contribution in [0.5, 0.6) is 0 Å². The molecule has 0 unspecified atom stereocenters. The van der Waals surface area contributed by atoms with E-state index in [1.807, 2.05) is 19.1 Å². The summed E-state index contributed by atoms with van der Waals surface area (Å²) >= 11 is 1.63. The zero-order valence-electron chi connectivity index (χ0n) is 6.66. The van der Waals surface area contributed by atoms with Gasteiger partial charge in [0.15, 0.2) is 0 Å². The largest absolute Gasteiger partial charge is 0.397 e. The van der Waals surface area contributed by atoms with Crippen LogP contribution in [0.3, 0.4) is 0 Å². The van der Waals surface area contributed by atoms with E-state index in [1.54, 1.807) is 11.3 Å². The number of hydrogen-bond donors (Lipinski definition) is 2. The van der Waals surface area contributed by atoms with Crippen molar-refractivity contribution in [2.24, 2.45) is 0 Å². The van der Waals surface area contributed by atoms with Crippen LogP contribution in [-0.4, -0.2) is 4.98 Å². The summed E-state index contributed by atoms with van der Waals surface area (Å²) in [6.07, 6.45) is 0. The topological polar surface area (TPSA) is 64.9 Å². The number of fused-ring (bicyclic) bond motifs is 1. The first-order valence-corrected chi connectivity index (χ1v) is 4.40. The van der Waals surface area contributed by atoms with Crippen molar-refractivity contribution in [3.8, 4) is 0 Å². The highest BCUT2D eigenvalue weighted by Gasteiger charge is 2.02. The lowest BCUT2D eigenvalue weighted by Crippen LogP contribution is -1.93. The van der Waals surface area contributed by atoms with Crippen molar-refractivity contribution in [2.75, 3.05) is 11.5 Å². The van der Waals surface area contributed by atoms with Gasteiger partial charge in [-0.25, -0.2) is 4.98 Å². The Hall–Kier alpha value is -1.29. The summed E-state index contributed by atoms with van der Waals surface area (Å²) in [6, 6.07) is 3.68. The number of nitrogens with zero attached hydrogens (tertiary/aromatic N) is 1. The van der Waals surface area contributed by atoms with Crippen molar-refractivity contribution in [3.63, 3.8) is 0 Å². The van der Waals surface area contributed by atoms with Gasteiger partial charge in [0.2, 0.25) is 0 Å². The molecular weight excluding hydrogens is 170 g/mol.